The third-order valence-electron chi connectivity index (χ3n) is 4.63. The second kappa shape index (κ2) is 7.11. The number of hydrogen-bond donors (Lipinski definition) is 3. The SMILES string of the molecule is O=c1oc2ccc(Cl)cc2c(O)c1C(CO)c1c(O)c2cc(Cl)ccc2oc1=O. The predicted molar refractivity (Wildman–Crippen MR) is 107 cm³/mol. The van der Waals surface area contributed by atoms with E-state index in [1.54, 1.807) is 0 Å². The zero-order valence-corrected chi connectivity index (χ0v) is 16.0. The van der Waals surface area contributed by atoms with Crippen molar-refractivity contribution in [2.24, 2.45) is 0 Å². The lowest BCUT2D eigenvalue weighted by Crippen LogP contribution is -2.22. The van der Waals surface area contributed by atoms with Gasteiger partial charge in [-0.25, -0.2) is 9.59 Å². The molecule has 0 saturated heterocycles. The molecule has 0 aliphatic heterocycles. The van der Waals surface area contributed by atoms with E-state index in [0.29, 0.717) is 0 Å². The maximum Gasteiger partial charge on any atom is 0.343 e. The Kier molecular flexibility index (Phi) is 4.74. The molecular formula is C20H12Cl2O7. The lowest BCUT2D eigenvalue weighted by molar-refractivity contribution is 0.270. The number of aliphatic hydroxyl groups is 1. The molecule has 0 spiro atoms. The zero-order chi connectivity index (χ0) is 20.9. The quantitative estimate of drug-likeness (QED) is 0.419. The molecule has 2 aromatic carbocycles. The van der Waals surface area contributed by atoms with Crippen LogP contribution < -0.4 is 11.3 Å². The van der Waals surface area contributed by atoms with Crippen molar-refractivity contribution in [3.8, 4) is 11.5 Å². The van der Waals surface area contributed by atoms with Crippen LogP contribution in [-0.4, -0.2) is 21.9 Å². The molecule has 3 N–H and O–H groups in total. The molecule has 2 heterocycles. The number of hydrogen-bond acceptors (Lipinski definition) is 7. The van der Waals surface area contributed by atoms with Crippen molar-refractivity contribution in [3.05, 3.63) is 78.4 Å². The fourth-order valence-electron chi connectivity index (χ4n) is 3.29. The van der Waals surface area contributed by atoms with Gasteiger partial charge in [0.1, 0.15) is 22.7 Å². The summed E-state index contributed by atoms with van der Waals surface area (Å²) in [5.41, 5.74) is -2.65. The van der Waals surface area contributed by atoms with Gasteiger partial charge in [0.25, 0.3) is 0 Å². The fraction of sp³-hybridized carbons (Fsp3) is 0.100. The van der Waals surface area contributed by atoms with E-state index in [4.69, 9.17) is 32.0 Å². The first-order chi connectivity index (χ1) is 13.8. The first kappa shape index (κ1) is 19.3. The van der Waals surface area contributed by atoms with E-state index in [-0.39, 0.29) is 32.0 Å². The van der Waals surface area contributed by atoms with Crippen molar-refractivity contribution in [2.75, 3.05) is 6.61 Å². The Morgan fingerprint density at radius 2 is 1.21 bits per heavy atom. The maximum atomic E-state index is 12.5. The van der Waals surface area contributed by atoms with Gasteiger partial charge in [-0.3, -0.25) is 0 Å². The molecule has 29 heavy (non-hydrogen) atoms. The lowest BCUT2D eigenvalue weighted by atomic mass is 9.91. The minimum absolute atomic E-state index is 0.0684. The highest BCUT2D eigenvalue weighted by atomic mass is 35.5. The van der Waals surface area contributed by atoms with Crippen LogP contribution in [0.4, 0.5) is 0 Å². The third kappa shape index (κ3) is 3.13. The van der Waals surface area contributed by atoms with E-state index < -0.39 is 46.4 Å². The van der Waals surface area contributed by atoms with E-state index in [2.05, 4.69) is 0 Å². The van der Waals surface area contributed by atoms with Crippen LogP contribution in [0.25, 0.3) is 21.9 Å². The van der Waals surface area contributed by atoms with E-state index in [9.17, 15) is 24.9 Å². The van der Waals surface area contributed by atoms with Crippen LogP contribution in [0.3, 0.4) is 0 Å². The number of aliphatic hydroxyl groups excluding tert-OH is 1. The Balaban J connectivity index is 2.05. The van der Waals surface area contributed by atoms with Gasteiger partial charge in [-0.2, -0.15) is 0 Å². The summed E-state index contributed by atoms with van der Waals surface area (Å²) in [6.45, 7) is -0.797. The van der Waals surface area contributed by atoms with Crippen LogP contribution in [0.5, 0.6) is 11.5 Å². The van der Waals surface area contributed by atoms with Crippen molar-refractivity contribution in [3.63, 3.8) is 0 Å². The Hall–Kier alpha value is -3.00. The summed E-state index contributed by atoms with van der Waals surface area (Å²) in [7, 11) is 0. The molecule has 0 atom stereocenters. The number of benzene rings is 2. The summed E-state index contributed by atoms with van der Waals surface area (Å²) in [4.78, 5) is 25.1. The molecule has 9 heteroatoms. The van der Waals surface area contributed by atoms with Crippen molar-refractivity contribution in [2.45, 2.75) is 5.92 Å². The van der Waals surface area contributed by atoms with Gasteiger partial charge in [0.15, 0.2) is 0 Å². The average molecular weight is 435 g/mol. The molecule has 7 nitrogen and oxygen atoms in total. The molecule has 0 aliphatic rings. The van der Waals surface area contributed by atoms with Gasteiger partial charge in [0.05, 0.1) is 34.4 Å². The van der Waals surface area contributed by atoms with Crippen molar-refractivity contribution >= 4 is 45.1 Å². The van der Waals surface area contributed by atoms with E-state index >= 15 is 0 Å². The number of rotatable bonds is 3. The summed E-state index contributed by atoms with van der Waals surface area (Å²) in [6.07, 6.45) is 0. The van der Waals surface area contributed by atoms with Gasteiger partial charge in [-0.15, -0.1) is 0 Å². The van der Waals surface area contributed by atoms with E-state index in [1.807, 2.05) is 0 Å². The summed E-state index contributed by atoms with van der Waals surface area (Å²) in [5, 5.41) is 32.1. The van der Waals surface area contributed by atoms with E-state index in [1.165, 1.54) is 36.4 Å². The van der Waals surface area contributed by atoms with Crippen LogP contribution in [0.2, 0.25) is 10.0 Å². The standard InChI is InChI=1S/C20H12Cl2O7/c21-8-1-3-13-10(5-8)17(24)15(19(26)28-13)12(7-23)16-18(25)11-6-9(22)2-4-14(11)29-20(16)27/h1-6,12,23-25H,7H2. The molecule has 2 aromatic heterocycles. The maximum absolute atomic E-state index is 12.5. The summed E-state index contributed by atoms with van der Waals surface area (Å²) in [6, 6.07) is 8.50. The van der Waals surface area contributed by atoms with Crippen LogP contribution in [0.1, 0.15) is 17.0 Å². The second-order valence-corrected chi connectivity index (χ2v) is 7.19. The number of halogens is 2. The summed E-state index contributed by atoms with van der Waals surface area (Å²) >= 11 is 11.9. The summed E-state index contributed by atoms with van der Waals surface area (Å²) < 4.78 is 10.4. The Labute approximate surface area is 172 Å². The molecular weight excluding hydrogens is 423 g/mol. The second-order valence-electron chi connectivity index (χ2n) is 6.32. The van der Waals surface area contributed by atoms with Gasteiger partial charge in [-0.1, -0.05) is 23.2 Å². The lowest BCUT2D eigenvalue weighted by Gasteiger charge is -2.17. The molecule has 0 amide bonds. The molecule has 0 radical (unpaired) electrons. The monoisotopic (exact) mass is 434 g/mol. The van der Waals surface area contributed by atoms with Crippen molar-refractivity contribution in [1.29, 1.82) is 0 Å². The fourth-order valence-corrected chi connectivity index (χ4v) is 3.63. The molecule has 4 aromatic rings. The molecule has 4 rings (SSSR count). The topological polar surface area (TPSA) is 121 Å². The van der Waals surface area contributed by atoms with Crippen LogP contribution in [0, 0.1) is 0 Å². The van der Waals surface area contributed by atoms with Crippen LogP contribution >= 0.6 is 23.2 Å². The van der Waals surface area contributed by atoms with Gasteiger partial charge in [0, 0.05) is 10.0 Å². The van der Waals surface area contributed by atoms with Crippen molar-refractivity contribution < 1.29 is 24.2 Å². The first-order valence-electron chi connectivity index (χ1n) is 8.33. The van der Waals surface area contributed by atoms with Crippen LogP contribution in [-0.2, 0) is 0 Å². The number of aromatic hydroxyl groups is 2. The Morgan fingerprint density at radius 1 is 0.793 bits per heavy atom. The highest BCUT2D eigenvalue weighted by Crippen LogP contribution is 2.39. The molecule has 148 valence electrons. The van der Waals surface area contributed by atoms with Gasteiger partial charge in [0.2, 0.25) is 0 Å². The minimum atomic E-state index is -1.42. The number of fused-ring (bicyclic) bond motifs is 2. The van der Waals surface area contributed by atoms with Gasteiger partial charge in [-0.05, 0) is 36.4 Å². The van der Waals surface area contributed by atoms with Gasteiger partial charge >= 0.3 is 11.3 Å². The minimum Gasteiger partial charge on any atom is -0.507 e. The molecule has 0 aliphatic carbocycles. The largest absolute Gasteiger partial charge is 0.507 e. The Morgan fingerprint density at radius 3 is 1.59 bits per heavy atom. The molecule has 0 saturated carbocycles. The first-order valence-corrected chi connectivity index (χ1v) is 9.08. The predicted octanol–water partition coefficient (Wildman–Crippen LogP) is 3.74. The highest BCUT2D eigenvalue weighted by Gasteiger charge is 2.30. The molecule has 0 unspecified atom stereocenters. The van der Waals surface area contributed by atoms with Crippen molar-refractivity contribution in [1.82, 2.24) is 0 Å². The molecule has 0 bridgehead atoms. The smallest absolute Gasteiger partial charge is 0.343 e. The normalized spacial score (nSPS) is 11.6. The Bertz CT molecular complexity index is 1280. The zero-order valence-electron chi connectivity index (χ0n) is 14.5. The summed E-state index contributed by atoms with van der Waals surface area (Å²) in [5.74, 6) is -2.47. The highest BCUT2D eigenvalue weighted by molar-refractivity contribution is 6.31. The molecule has 0 fully saturated rings. The average Bonchev–Trinajstić information content (AvgIpc) is 2.68. The van der Waals surface area contributed by atoms with E-state index in [0.717, 1.165) is 0 Å². The van der Waals surface area contributed by atoms with Gasteiger partial charge < -0.3 is 24.2 Å². The van der Waals surface area contributed by atoms with Crippen LogP contribution in [0.15, 0.2) is 54.8 Å². The third-order valence-corrected chi connectivity index (χ3v) is 5.10.